The van der Waals surface area contributed by atoms with Crippen LogP contribution in [0.15, 0.2) is 12.3 Å². The van der Waals surface area contributed by atoms with Gasteiger partial charge in [0.25, 0.3) is 5.91 Å². The van der Waals surface area contributed by atoms with E-state index in [2.05, 4.69) is 24.1 Å². The topological polar surface area (TPSA) is 45.2 Å². The van der Waals surface area contributed by atoms with E-state index in [-0.39, 0.29) is 5.91 Å². The van der Waals surface area contributed by atoms with Crippen LogP contribution in [0.5, 0.6) is 0 Å². The lowest BCUT2D eigenvalue weighted by Gasteiger charge is -2.20. The van der Waals surface area contributed by atoms with Crippen molar-refractivity contribution < 1.29 is 4.79 Å². The van der Waals surface area contributed by atoms with E-state index in [0.717, 1.165) is 37.4 Å². The van der Waals surface area contributed by atoms with Gasteiger partial charge in [0.15, 0.2) is 0 Å². The van der Waals surface area contributed by atoms with E-state index < -0.39 is 0 Å². The van der Waals surface area contributed by atoms with Gasteiger partial charge in [0.2, 0.25) is 0 Å². The second-order valence-corrected chi connectivity index (χ2v) is 5.95. The number of hydrogen-bond donors (Lipinski definition) is 1. The zero-order valence-electron chi connectivity index (χ0n) is 12.9. The Hall–Kier alpha value is -1.58. The van der Waals surface area contributed by atoms with Gasteiger partial charge >= 0.3 is 0 Å². The molecule has 0 spiro atoms. The number of amides is 1. The maximum absolute atomic E-state index is 12.7. The highest BCUT2D eigenvalue weighted by Gasteiger charge is 2.29. The normalized spacial score (nSPS) is 18.6. The molecule has 4 nitrogen and oxygen atoms in total. The molecule has 0 aromatic carbocycles. The highest BCUT2D eigenvalue weighted by atomic mass is 16.2. The summed E-state index contributed by atoms with van der Waals surface area (Å²) in [4.78, 5) is 18.9. The number of rotatable bonds is 4. The fourth-order valence-electron chi connectivity index (χ4n) is 2.75. The SMILES string of the molecule is CCNc1cc(C)ncc1C(=O)N1CCC(C(C)C)C1. The van der Waals surface area contributed by atoms with Crippen molar-refractivity contribution in [2.75, 3.05) is 25.0 Å². The summed E-state index contributed by atoms with van der Waals surface area (Å²) in [6.45, 7) is 11.0. The number of carbonyl (C=O) groups excluding carboxylic acids is 1. The molecule has 1 fully saturated rings. The monoisotopic (exact) mass is 275 g/mol. The number of nitrogens with one attached hydrogen (secondary N) is 1. The van der Waals surface area contributed by atoms with Crippen LogP contribution >= 0.6 is 0 Å². The van der Waals surface area contributed by atoms with Crippen LogP contribution in [0.3, 0.4) is 0 Å². The molecule has 110 valence electrons. The molecule has 0 saturated carbocycles. The van der Waals surface area contributed by atoms with Crippen LogP contribution in [0.1, 0.15) is 43.2 Å². The largest absolute Gasteiger partial charge is 0.385 e. The maximum Gasteiger partial charge on any atom is 0.257 e. The van der Waals surface area contributed by atoms with Gasteiger partial charge in [-0.3, -0.25) is 9.78 Å². The number of hydrogen-bond acceptors (Lipinski definition) is 3. The summed E-state index contributed by atoms with van der Waals surface area (Å²) < 4.78 is 0. The summed E-state index contributed by atoms with van der Waals surface area (Å²) in [6, 6.07) is 1.95. The quantitative estimate of drug-likeness (QED) is 0.919. The third-order valence-corrected chi connectivity index (χ3v) is 4.09. The van der Waals surface area contributed by atoms with Crippen LogP contribution in [-0.4, -0.2) is 35.4 Å². The zero-order chi connectivity index (χ0) is 14.7. The number of pyridine rings is 1. The Morgan fingerprint density at radius 1 is 1.55 bits per heavy atom. The average Bonchev–Trinajstić information content (AvgIpc) is 2.88. The summed E-state index contributed by atoms with van der Waals surface area (Å²) in [5.74, 6) is 1.37. The molecule has 1 aliphatic heterocycles. The summed E-state index contributed by atoms with van der Waals surface area (Å²) in [7, 11) is 0. The van der Waals surface area contributed by atoms with Gasteiger partial charge in [-0.1, -0.05) is 13.8 Å². The van der Waals surface area contributed by atoms with Crippen LogP contribution < -0.4 is 5.32 Å². The second-order valence-electron chi connectivity index (χ2n) is 5.95. The minimum Gasteiger partial charge on any atom is -0.385 e. The van der Waals surface area contributed by atoms with Crippen molar-refractivity contribution in [1.82, 2.24) is 9.88 Å². The van der Waals surface area contributed by atoms with Crippen molar-refractivity contribution in [3.05, 3.63) is 23.5 Å². The van der Waals surface area contributed by atoms with Crippen molar-refractivity contribution in [2.45, 2.75) is 34.1 Å². The van der Waals surface area contributed by atoms with Gasteiger partial charge in [-0.2, -0.15) is 0 Å². The summed E-state index contributed by atoms with van der Waals surface area (Å²) in [5, 5.41) is 3.27. The van der Waals surface area contributed by atoms with E-state index >= 15 is 0 Å². The fraction of sp³-hybridized carbons (Fsp3) is 0.625. The molecule has 1 N–H and O–H groups in total. The molecular weight excluding hydrogens is 250 g/mol. The standard InChI is InChI=1S/C16H25N3O/c1-5-17-15-8-12(4)18-9-14(15)16(20)19-7-6-13(10-19)11(2)3/h8-9,11,13H,5-7,10H2,1-4H3,(H,17,18). The lowest BCUT2D eigenvalue weighted by Crippen LogP contribution is -2.30. The first-order valence-electron chi connectivity index (χ1n) is 7.52. The van der Waals surface area contributed by atoms with Crippen molar-refractivity contribution in [3.63, 3.8) is 0 Å². The summed E-state index contributed by atoms with van der Waals surface area (Å²) >= 11 is 0. The third kappa shape index (κ3) is 3.11. The van der Waals surface area contributed by atoms with Gasteiger partial charge in [-0.05, 0) is 38.2 Å². The molecule has 1 aromatic rings. The number of anilines is 1. The molecule has 1 atom stereocenters. The number of aryl methyl sites for hydroxylation is 1. The van der Waals surface area contributed by atoms with Crippen LogP contribution in [0.2, 0.25) is 0 Å². The number of nitrogens with zero attached hydrogens (tertiary/aromatic N) is 2. The number of aromatic nitrogens is 1. The fourth-order valence-corrected chi connectivity index (χ4v) is 2.75. The molecule has 4 heteroatoms. The molecule has 1 saturated heterocycles. The van der Waals surface area contributed by atoms with Gasteiger partial charge < -0.3 is 10.2 Å². The molecule has 20 heavy (non-hydrogen) atoms. The van der Waals surface area contributed by atoms with Crippen molar-refractivity contribution in [2.24, 2.45) is 11.8 Å². The first-order valence-corrected chi connectivity index (χ1v) is 7.52. The Morgan fingerprint density at radius 2 is 2.30 bits per heavy atom. The Kier molecular flexibility index (Phi) is 4.63. The molecule has 1 amide bonds. The average molecular weight is 275 g/mol. The third-order valence-electron chi connectivity index (χ3n) is 4.09. The Bertz CT molecular complexity index is 485. The molecule has 0 bridgehead atoms. The predicted octanol–water partition coefficient (Wildman–Crippen LogP) is 2.94. The zero-order valence-corrected chi connectivity index (χ0v) is 12.9. The van der Waals surface area contributed by atoms with Gasteiger partial charge in [-0.25, -0.2) is 0 Å². The lowest BCUT2D eigenvalue weighted by molar-refractivity contribution is 0.0784. The maximum atomic E-state index is 12.7. The highest BCUT2D eigenvalue weighted by Crippen LogP contribution is 2.26. The molecule has 1 unspecified atom stereocenters. The molecule has 1 aliphatic rings. The number of carbonyl (C=O) groups is 1. The van der Waals surface area contributed by atoms with Gasteiger partial charge in [0.1, 0.15) is 0 Å². The van der Waals surface area contributed by atoms with Gasteiger partial charge in [-0.15, -0.1) is 0 Å². The summed E-state index contributed by atoms with van der Waals surface area (Å²) in [5.41, 5.74) is 2.53. The Morgan fingerprint density at radius 3 is 2.90 bits per heavy atom. The molecule has 2 heterocycles. The first-order chi connectivity index (χ1) is 9.52. The van der Waals surface area contributed by atoms with E-state index in [4.69, 9.17) is 0 Å². The second kappa shape index (κ2) is 6.25. The van der Waals surface area contributed by atoms with Crippen LogP contribution in [0.4, 0.5) is 5.69 Å². The predicted molar refractivity (Wildman–Crippen MR) is 82.0 cm³/mol. The van der Waals surface area contributed by atoms with E-state index in [1.54, 1.807) is 6.20 Å². The highest BCUT2D eigenvalue weighted by molar-refractivity contribution is 5.99. The van der Waals surface area contributed by atoms with Crippen molar-refractivity contribution in [1.29, 1.82) is 0 Å². The molecule has 0 aliphatic carbocycles. The smallest absolute Gasteiger partial charge is 0.257 e. The first kappa shape index (κ1) is 14.8. The minimum atomic E-state index is 0.108. The van der Waals surface area contributed by atoms with Gasteiger partial charge in [0.05, 0.1) is 11.3 Å². The van der Waals surface area contributed by atoms with Crippen molar-refractivity contribution >= 4 is 11.6 Å². The Balaban J connectivity index is 2.17. The van der Waals surface area contributed by atoms with Gasteiger partial charge in [0, 0.05) is 31.5 Å². The molecule has 1 aromatic heterocycles. The molecule has 2 rings (SSSR count). The minimum absolute atomic E-state index is 0.108. The number of likely N-dealkylation sites (tertiary alicyclic amines) is 1. The van der Waals surface area contributed by atoms with Crippen LogP contribution in [-0.2, 0) is 0 Å². The lowest BCUT2D eigenvalue weighted by atomic mass is 9.95. The van der Waals surface area contributed by atoms with E-state index in [1.165, 1.54) is 0 Å². The van der Waals surface area contributed by atoms with E-state index in [1.807, 2.05) is 24.8 Å². The van der Waals surface area contributed by atoms with Crippen molar-refractivity contribution in [3.8, 4) is 0 Å². The van der Waals surface area contributed by atoms with Crippen LogP contribution in [0.25, 0.3) is 0 Å². The summed E-state index contributed by atoms with van der Waals surface area (Å²) in [6.07, 6.45) is 2.82. The molecule has 0 radical (unpaired) electrons. The van der Waals surface area contributed by atoms with E-state index in [0.29, 0.717) is 17.4 Å². The van der Waals surface area contributed by atoms with Crippen LogP contribution in [0, 0.1) is 18.8 Å². The molecular formula is C16H25N3O. The Labute approximate surface area is 121 Å². The van der Waals surface area contributed by atoms with E-state index in [9.17, 15) is 4.79 Å².